The van der Waals surface area contributed by atoms with Gasteiger partial charge in [0.2, 0.25) is 0 Å². The number of aromatic nitrogens is 1. The fourth-order valence-electron chi connectivity index (χ4n) is 1.97. The first-order valence-electron chi connectivity index (χ1n) is 6.49. The van der Waals surface area contributed by atoms with Gasteiger partial charge in [0.05, 0.1) is 5.69 Å². The van der Waals surface area contributed by atoms with Gasteiger partial charge in [0.1, 0.15) is 0 Å². The number of nitrogens with zero attached hydrogens (tertiary/aromatic N) is 1. The van der Waals surface area contributed by atoms with E-state index in [1.165, 1.54) is 34.4 Å². The maximum atomic E-state index is 4.56. The molecule has 1 aromatic heterocycles. The van der Waals surface area contributed by atoms with Crippen LogP contribution in [0.2, 0.25) is 0 Å². The average molecular weight is 258 g/mol. The molecule has 1 N–H and O–H groups in total. The van der Waals surface area contributed by atoms with Crippen LogP contribution in [0.5, 0.6) is 0 Å². The van der Waals surface area contributed by atoms with E-state index in [1.54, 1.807) is 11.5 Å². The summed E-state index contributed by atoms with van der Waals surface area (Å²) in [4.78, 5) is 1.33. The van der Waals surface area contributed by atoms with Crippen LogP contribution in [-0.4, -0.2) is 10.4 Å². The van der Waals surface area contributed by atoms with Gasteiger partial charge < -0.3 is 5.32 Å². The Bertz CT molecular complexity index is 555. The molecule has 2 aromatic rings. The molecule has 1 aliphatic carbocycles. The zero-order valence-corrected chi connectivity index (χ0v) is 11.7. The molecule has 0 atom stereocenters. The molecular formula is C15H18N2S. The molecule has 0 saturated heterocycles. The van der Waals surface area contributed by atoms with Crippen molar-refractivity contribution in [2.45, 2.75) is 39.3 Å². The van der Waals surface area contributed by atoms with Gasteiger partial charge in [-0.25, -0.2) is 0 Å². The van der Waals surface area contributed by atoms with Crippen molar-refractivity contribution in [2.24, 2.45) is 0 Å². The fraction of sp³-hybridized carbons (Fsp3) is 0.400. The van der Waals surface area contributed by atoms with Crippen LogP contribution in [-0.2, 0) is 6.54 Å². The molecule has 1 saturated carbocycles. The van der Waals surface area contributed by atoms with Crippen LogP contribution < -0.4 is 5.32 Å². The second-order valence-corrected chi connectivity index (χ2v) is 6.02. The molecule has 0 radical (unpaired) electrons. The van der Waals surface area contributed by atoms with Crippen molar-refractivity contribution in [3.8, 4) is 11.3 Å². The van der Waals surface area contributed by atoms with Crippen molar-refractivity contribution in [2.75, 3.05) is 0 Å². The Morgan fingerprint density at radius 3 is 2.78 bits per heavy atom. The Labute approximate surface area is 112 Å². The second-order valence-electron chi connectivity index (χ2n) is 5.13. The molecule has 0 bridgehead atoms. The highest BCUT2D eigenvalue weighted by molar-refractivity contribution is 7.06. The number of rotatable bonds is 4. The van der Waals surface area contributed by atoms with Crippen LogP contribution in [0.25, 0.3) is 11.3 Å². The highest BCUT2D eigenvalue weighted by atomic mass is 32.1. The van der Waals surface area contributed by atoms with Gasteiger partial charge in [-0.15, -0.1) is 0 Å². The van der Waals surface area contributed by atoms with Crippen molar-refractivity contribution in [3.05, 3.63) is 40.3 Å². The Morgan fingerprint density at radius 2 is 2.06 bits per heavy atom. The molecule has 3 heteroatoms. The van der Waals surface area contributed by atoms with E-state index >= 15 is 0 Å². The quantitative estimate of drug-likeness (QED) is 0.905. The van der Waals surface area contributed by atoms with Crippen LogP contribution in [0.3, 0.4) is 0 Å². The summed E-state index contributed by atoms with van der Waals surface area (Å²) in [5.41, 5.74) is 5.01. The van der Waals surface area contributed by atoms with Gasteiger partial charge in [-0.1, -0.05) is 12.1 Å². The Kier molecular flexibility index (Phi) is 3.18. The highest BCUT2D eigenvalue weighted by Gasteiger charge is 2.20. The van der Waals surface area contributed by atoms with Crippen LogP contribution in [0.1, 0.15) is 28.8 Å². The van der Waals surface area contributed by atoms with Gasteiger partial charge >= 0.3 is 0 Å². The molecule has 1 aliphatic rings. The van der Waals surface area contributed by atoms with Gasteiger partial charge in [-0.05, 0) is 61.5 Å². The van der Waals surface area contributed by atoms with Gasteiger partial charge in [0.25, 0.3) is 0 Å². The molecule has 0 spiro atoms. The van der Waals surface area contributed by atoms with E-state index in [1.807, 2.05) is 0 Å². The lowest BCUT2D eigenvalue weighted by Gasteiger charge is -2.02. The highest BCUT2D eigenvalue weighted by Crippen LogP contribution is 2.25. The summed E-state index contributed by atoms with van der Waals surface area (Å²) in [7, 11) is 0. The first-order chi connectivity index (χ1) is 8.72. The molecule has 0 amide bonds. The summed E-state index contributed by atoms with van der Waals surface area (Å²) >= 11 is 1.61. The minimum Gasteiger partial charge on any atom is -0.309 e. The first-order valence-corrected chi connectivity index (χ1v) is 7.26. The van der Waals surface area contributed by atoms with Gasteiger partial charge in [-0.2, -0.15) is 4.37 Å². The van der Waals surface area contributed by atoms with Crippen LogP contribution in [0, 0.1) is 13.8 Å². The monoisotopic (exact) mass is 258 g/mol. The zero-order valence-electron chi connectivity index (χ0n) is 10.9. The minimum absolute atomic E-state index is 0.761. The Hall–Kier alpha value is -1.19. The molecule has 1 aromatic carbocycles. The number of aryl methyl sites for hydroxylation is 2. The zero-order chi connectivity index (χ0) is 12.5. The van der Waals surface area contributed by atoms with Crippen molar-refractivity contribution in [1.82, 2.24) is 9.69 Å². The lowest BCUT2D eigenvalue weighted by Crippen LogP contribution is -2.14. The van der Waals surface area contributed by atoms with Crippen molar-refractivity contribution >= 4 is 11.5 Å². The summed E-state index contributed by atoms with van der Waals surface area (Å²) < 4.78 is 4.56. The topological polar surface area (TPSA) is 24.9 Å². The standard InChI is InChI=1S/C15H18N2S/c1-10-3-4-12(7-11(10)2)15-8-14(18-17-15)9-16-13-5-6-13/h3-4,7-8,13,16H,5-6,9H2,1-2H3. The van der Waals surface area contributed by atoms with Gasteiger partial charge in [0.15, 0.2) is 0 Å². The van der Waals surface area contributed by atoms with E-state index in [4.69, 9.17) is 0 Å². The first kappa shape index (κ1) is 11.9. The minimum atomic E-state index is 0.761. The van der Waals surface area contributed by atoms with Gasteiger partial charge in [-0.3, -0.25) is 0 Å². The third-order valence-corrected chi connectivity index (χ3v) is 4.29. The van der Waals surface area contributed by atoms with Crippen LogP contribution >= 0.6 is 11.5 Å². The van der Waals surface area contributed by atoms with Crippen molar-refractivity contribution in [3.63, 3.8) is 0 Å². The number of hydrogen-bond acceptors (Lipinski definition) is 3. The molecule has 0 unspecified atom stereocenters. The van der Waals surface area contributed by atoms with Gasteiger partial charge in [0, 0.05) is 23.0 Å². The van der Waals surface area contributed by atoms with Crippen LogP contribution in [0.15, 0.2) is 24.3 Å². The van der Waals surface area contributed by atoms with E-state index in [0.717, 1.165) is 18.3 Å². The molecule has 3 rings (SSSR count). The molecule has 1 fully saturated rings. The molecule has 0 aliphatic heterocycles. The maximum absolute atomic E-state index is 4.56. The van der Waals surface area contributed by atoms with E-state index in [-0.39, 0.29) is 0 Å². The van der Waals surface area contributed by atoms with Crippen molar-refractivity contribution < 1.29 is 0 Å². The average Bonchev–Trinajstić information content (AvgIpc) is 3.08. The lowest BCUT2D eigenvalue weighted by atomic mass is 10.0. The van der Waals surface area contributed by atoms with E-state index < -0.39 is 0 Å². The van der Waals surface area contributed by atoms with E-state index in [0.29, 0.717) is 0 Å². The third kappa shape index (κ3) is 2.62. The molecular weight excluding hydrogens is 240 g/mol. The molecule has 2 nitrogen and oxygen atoms in total. The lowest BCUT2D eigenvalue weighted by molar-refractivity contribution is 0.695. The second kappa shape index (κ2) is 4.82. The summed E-state index contributed by atoms with van der Waals surface area (Å²) in [6.45, 7) is 5.26. The van der Waals surface area contributed by atoms with Crippen LogP contribution in [0.4, 0.5) is 0 Å². The predicted molar refractivity (Wildman–Crippen MR) is 76.9 cm³/mol. The molecule has 94 valence electrons. The largest absolute Gasteiger partial charge is 0.309 e. The summed E-state index contributed by atoms with van der Waals surface area (Å²) in [5, 5.41) is 3.53. The smallest absolute Gasteiger partial charge is 0.0844 e. The maximum Gasteiger partial charge on any atom is 0.0844 e. The molecule has 1 heterocycles. The summed E-state index contributed by atoms with van der Waals surface area (Å²) in [6.07, 6.45) is 2.67. The number of hydrogen-bond donors (Lipinski definition) is 1. The molecule has 18 heavy (non-hydrogen) atoms. The Morgan fingerprint density at radius 1 is 1.22 bits per heavy atom. The fourth-order valence-corrected chi connectivity index (χ4v) is 2.65. The normalized spacial score (nSPS) is 15.0. The van der Waals surface area contributed by atoms with Crippen molar-refractivity contribution in [1.29, 1.82) is 0 Å². The van der Waals surface area contributed by atoms with E-state index in [9.17, 15) is 0 Å². The number of benzene rings is 1. The Balaban J connectivity index is 1.76. The predicted octanol–water partition coefficient (Wildman–Crippen LogP) is 3.68. The third-order valence-electron chi connectivity index (χ3n) is 3.50. The van der Waals surface area contributed by atoms with E-state index in [2.05, 4.69) is 47.8 Å². The number of nitrogens with one attached hydrogen (secondary N) is 1. The summed E-state index contributed by atoms with van der Waals surface area (Å²) in [6, 6.07) is 9.53. The summed E-state index contributed by atoms with van der Waals surface area (Å²) in [5.74, 6) is 0. The SMILES string of the molecule is Cc1ccc(-c2cc(CNC3CC3)sn2)cc1C.